The SMILES string of the molecule is Cc1ccccc1NC(=O)C1CCN(c2ccc(-n3cccc3)cn2)CC1. The van der Waals surface area contributed by atoms with Crippen molar-refractivity contribution in [3.8, 4) is 5.69 Å². The van der Waals surface area contributed by atoms with Crippen LogP contribution in [0, 0.1) is 12.8 Å². The molecule has 3 aromatic rings. The maximum atomic E-state index is 12.6. The first-order chi connectivity index (χ1) is 13.2. The number of aryl methyl sites for hydroxylation is 1. The Balaban J connectivity index is 1.34. The second-order valence-electron chi connectivity index (χ2n) is 7.03. The van der Waals surface area contributed by atoms with Crippen molar-refractivity contribution in [1.29, 1.82) is 0 Å². The molecule has 0 atom stereocenters. The molecular weight excluding hydrogens is 336 g/mol. The molecule has 27 heavy (non-hydrogen) atoms. The van der Waals surface area contributed by atoms with Crippen LogP contribution in [0.2, 0.25) is 0 Å². The van der Waals surface area contributed by atoms with Gasteiger partial charge in [0, 0.05) is 37.1 Å². The molecule has 4 rings (SSSR count). The Labute approximate surface area is 159 Å². The van der Waals surface area contributed by atoms with E-state index in [4.69, 9.17) is 0 Å². The highest BCUT2D eigenvalue weighted by atomic mass is 16.1. The van der Waals surface area contributed by atoms with Crippen molar-refractivity contribution in [1.82, 2.24) is 9.55 Å². The molecule has 2 aromatic heterocycles. The second kappa shape index (κ2) is 7.66. The number of anilines is 2. The lowest BCUT2D eigenvalue weighted by Crippen LogP contribution is -2.38. The van der Waals surface area contributed by atoms with Gasteiger partial charge in [-0.25, -0.2) is 4.98 Å². The summed E-state index contributed by atoms with van der Waals surface area (Å²) in [5.41, 5.74) is 3.05. The van der Waals surface area contributed by atoms with Gasteiger partial charge < -0.3 is 14.8 Å². The number of hydrogen-bond acceptors (Lipinski definition) is 3. The summed E-state index contributed by atoms with van der Waals surface area (Å²) in [6.45, 7) is 3.71. The number of para-hydroxylation sites is 1. The van der Waals surface area contributed by atoms with Gasteiger partial charge in [0.15, 0.2) is 0 Å². The molecule has 1 fully saturated rings. The van der Waals surface area contributed by atoms with Gasteiger partial charge in [-0.05, 0) is 55.7 Å². The summed E-state index contributed by atoms with van der Waals surface area (Å²) < 4.78 is 2.04. The third kappa shape index (κ3) is 3.87. The van der Waals surface area contributed by atoms with E-state index < -0.39 is 0 Å². The van der Waals surface area contributed by atoms with Gasteiger partial charge in [0.2, 0.25) is 5.91 Å². The van der Waals surface area contributed by atoms with E-state index in [9.17, 15) is 4.79 Å². The van der Waals surface area contributed by atoms with E-state index in [1.807, 2.05) is 66.5 Å². The van der Waals surface area contributed by atoms with Crippen molar-refractivity contribution in [3.63, 3.8) is 0 Å². The molecular formula is C22H24N4O. The zero-order valence-corrected chi connectivity index (χ0v) is 15.5. The van der Waals surface area contributed by atoms with Gasteiger partial charge in [-0.1, -0.05) is 18.2 Å². The van der Waals surface area contributed by atoms with E-state index in [2.05, 4.69) is 27.3 Å². The highest BCUT2D eigenvalue weighted by molar-refractivity contribution is 5.93. The molecule has 138 valence electrons. The largest absolute Gasteiger partial charge is 0.357 e. The lowest BCUT2D eigenvalue weighted by atomic mass is 9.95. The number of benzene rings is 1. The van der Waals surface area contributed by atoms with Crippen LogP contribution in [-0.4, -0.2) is 28.5 Å². The van der Waals surface area contributed by atoms with Crippen molar-refractivity contribution in [2.24, 2.45) is 5.92 Å². The van der Waals surface area contributed by atoms with E-state index in [1.54, 1.807) is 0 Å². The van der Waals surface area contributed by atoms with E-state index in [1.165, 1.54) is 0 Å². The summed E-state index contributed by atoms with van der Waals surface area (Å²) in [7, 11) is 0. The van der Waals surface area contributed by atoms with Crippen LogP contribution in [-0.2, 0) is 4.79 Å². The van der Waals surface area contributed by atoms with Crippen LogP contribution in [0.5, 0.6) is 0 Å². The number of carbonyl (C=O) groups excluding carboxylic acids is 1. The normalized spacial score (nSPS) is 14.9. The van der Waals surface area contributed by atoms with Gasteiger partial charge in [-0.3, -0.25) is 4.79 Å². The number of carbonyl (C=O) groups is 1. The molecule has 0 bridgehead atoms. The Kier molecular flexibility index (Phi) is 4.92. The smallest absolute Gasteiger partial charge is 0.227 e. The molecule has 5 heteroatoms. The van der Waals surface area contributed by atoms with Gasteiger partial charge in [-0.2, -0.15) is 0 Å². The molecule has 3 heterocycles. The summed E-state index contributed by atoms with van der Waals surface area (Å²) in [6, 6.07) is 16.1. The van der Waals surface area contributed by atoms with Crippen LogP contribution >= 0.6 is 0 Å². The van der Waals surface area contributed by atoms with E-state index >= 15 is 0 Å². The number of hydrogen-bond donors (Lipinski definition) is 1. The Bertz CT molecular complexity index is 894. The zero-order chi connectivity index (χ0) is 18.6. The summed E-state index contributed by atoms with van der Waals surface area (Å²) >= 11 is 0. The highest BCUT2D eigenvalue weighted by Gasteiger charge is 2.25. The van der Waals surface area contributed by atoms with Gasteiger partial charge in [0.25, 0.3) is 0 Å². The predicted octanol–water partition coefficient (Wildman–Crippen LogP) is 4.04. The van der Waals surface area contributed by atoms with Gasteiger partial charge >= 0.3 is 0 Å². The third-order valence-corrected chi connectivity index (χ3v) is 5.23. The number of piperidine rings is 1. The van der Waals surface area contributed by atoms with E-state index in [-0.39, 0.29) is 11.8 Å². The average molecular weight is 360 g/mol. The topological polar surface area (TPSA) is 50.2 Å². The second-order valence-corrected chi connectivity index (χ2v) is 7.03. The summed E-state index contributed by atoms with van der Waals surface area (Å²) in [6.07, 6.45) is 7.61. The molecule has 0 aliphatic carbocycles. The van der Waals surface area contributed by atoms with E-state index in [0.29, 0.717) is 0 Å². The predicted molar refractivity (Wildman–Crippen MR) is 108 cm³/mol. The fourth-order valence-corrected chi connectivity index (χ4v) is 3.54. The lowest BCUT2D eigenvalue weighted by Gasteiger charge is -2.32. The monoisotopic (exact) mass is 360 g/mol. The fourth-order valence-electron chi connectivity index (χ4n) is 3.54. The minimum absolute atomic E-state index is 0.0556. The number of nitrogens with one attached hydrogen (secondary N) is 1. The van der Waals surface area contributed by atoms with Gasteiger partial charge in [0.05, 0.1) is 11.9 Å². The molecule has 1 N–H and O–H groups in total. The van der Waals surface area contributed by atoms with Gasteiger partial charge in [-0.15, -0.1) is 0 Å². The molecule has 0 radical (unpaired) electrons. The van der Waals surface area contributed by atoms with Crippen molar-refractivity contribution >= 4 is 17.4 Å². The molecule has 1 amide bonds. The molecule has 0 saturated carbocycles. The maximum absolute atomic E-state index is 12.6. The van der Waals surface area contributed by atoms with Crippen LogP contribution in [0.4, 0.5) is 11.5 Å². The van der Waals surface area contributed by atoms with Crippen LogP contribution in [0.1, 0.15) is 18.4 Å². The Morgan fingerprint density at radius 3 is 2.44 bits per heavy atom. The van der Waals surface area contributed by atoms with Crippen LogP contribution in [0.25, 0.3) is 5.69 Å². The lowest BCUT2D eigenvalue weighted by molar-refractivity contribution is -0.120. The van der Waals surface area contributed by atoms with Crippen LogP contribution in [0.15, 0.2) is 67.1 Å². The highest BCUT2D eigenvalue weighted by Crippen LogP contribution is 2.24. The summed E-state index contributed by atoms with van der Waals surface area (Å²) in [5, 5.41) is 3.08. The molecule has 1 aliphatic rings. The first-order valence-electron chi connectivity index (χ1n) is 9.41. The molecule has 0 spiro atoms. The Hall–Kier alpha value is -3.08. The maximum Gasteiger partial charge on any atom is 0.227 e. The quantitative estimate of drug-likeness (QED) is 0.764. The summed E-state index contributed by atoms with van der Waals surface area (Å²) in [4.78, 5) is 19.5. The van der Waals surface area contributed by atoms with E-state index in [0.717, 1.165) is 48.7 Å². The number of aromatic nitrogens is 2. The number of pyridine rings is 1. The van der Waals surface area contributed by atoms with Crippen LogP contribution < -0.4 is 10.2 Å². The molecule has 1 saturated heterocycles. The number of nitrogens with zero attached hydrogens (tertiary/aromatic N) is 3. The zero-order valence-electron chi connectivity index (χ0n) is 15.5. The number of rotatable bonds is 4. The average Bonchev–Trinajstić information content (AvgIpc) is 3.25. The fraction of sp³-hybridized carbons (Fsp3) is 0.273. The standard InChI is InChI=1S/C22H24N4O/c1-17-6-2-3-7-20(17)24-22(27)18-10-14-26(15-11-18)21-9-8-19(16-23-21)25-12-4-5-13-25/h2-9,12-13,16,18H,10-11,14-15H2,1H3,(H,24,27). The first kappa shape index (κ1) is 17.3. The molecule has 1 aliphatic heterocycles. The van der Waals surface area contributed by atoms with Crippen molar-refractivity contribution in [2.45, 2.75) is 19.8 Å². The molecule has 0 unspecified atom stereocenters. The Morgan fingerprint density at radius 1 is 1.04 bits per heavy atom. The first-order valence-corrected chi connectivity index (χ1v) is 9.41. The third-order valence-electron chi connectivity index (χ3n) is 5.23. The van der Waals surface area contributed by atoms with Crippen molar-refractivity contribution < 1.29 is 4.79 Å². The van der Waals surface area contributed by atoms with Gasteiger partial charge in [0.1, 0.15) is 5.82 Å². The van der Waals surface area contributed by atoms with Crippen molar-refractivity contribution in [3.05, 3.63) is 72.7 Å². The van der Waals surface area contributed by atoms with Crippen LogP contribution in [0.3, 0.4) is 0 Å². The molecule has 5 nitrogen and oxygen atoms in total. The minimum atomic E-state index is 0.0556. The molecule has 1 aromatic carbocycles. The van der Waals surface area contributed by atoms with Crippen molar-refractivity contribution in [2.75, 3.05) is 23.3 Å². The Morgan fingerprint density at radius 2 is 1.78 bits per heavy atom. The summed E-state index contributed by atoms with van der Waals surface area (Å²) in [5.74, 6) is 1.16. The number of amides is 1. The minimum Gasteiger partial charge on any atom is -0.357 e.